The molecule has 0 saturated carbocycles. The van der Waals surface area contributed by atoms with E-state index in [2.05, 4.69) is 20.6 Å². The van der Waals surface area contributed by atoms with E-state index in [4.69, 9.17) is 0 Å². The van der Waals surface area contributed by atoms with Crippen molar-refractivity contribution in [2.24, 2.45) is 5.92 Å². The quantitative estimate of drug-likeness (QED) is 0.710. The monoisotopic (exact) mass is 343 g/mol. The number of carbonyl (C=O) groups excluding carboxylic acids is 3. The smallest absolute Gasteiger partial charge is 0.325 e. The van der Waals surface area contributed by atoms with Crippen molar-refractivity contribution < 1.29 is 14.4 Å². The second-order valence-corrected chi connectivity index (χ2v) is 6.64. The van der Waals surface area contributed by atoms with Gasteiger partial charge in [-0.25, -0.2) is 9.78 Å². The second kappa shape index (κ2) is 6.54. The normalized spacial score (nSPS) is 15.8. The highest BCUT2D eigenvalue weighted by Crippen LogP contribution is 2.22. The molecule has 8 heteroatoms. The molecule has 0 bridgehead atoms. The van der Waals surface area contributed by atoms with Crippen LogP contribution >= 0.6 is 0 Å². The van der Waals surface area contributed by atoms with Crippen LogP contribution in [0.2, 0.25) is 0 Å². The molecular formula is C17H21N5O3. The van der Waals surface area contributed by atoms with E-state index in [0.717, 1.165) is 16.6 Å². The Morgan fingerprint density at radius 1 is 1.36 bits per heavy atom. The standard InChI is InChI=1S/C17H21N5O3/c1-9(2)15(16-18-11-5-4-10(3)6-12(11)19-16)20-13(23)7-22-8-14(24)21-17(22)25/h4-6,9,15H,7-8H2,1-3H3,(H,18,19)(H,20,23)(H,21,24,25)/t15-/m0/s1. The number of imide groups is 1. The largest absolute Gasteiger partial charge is 0.344 e. The van der Waals surface area contributed by atoms with Crippen molar-refractivity contribution in [2.75, 3.05) is 13.1 Å². The maximum absolute atomic E-state index is 12.3. The third-order valence-electron chi connectivity index (χ3n) is 4.14. The number of benzene rings is 1. The van der Waals surface area contributed by atoms with Gasteiger partial charge in [-0.15, -0.1) is 0 Å². The lowest BCUT2D eigenvalue weighted by Gasteiger charge is -2.22. The highest BCUT2D eigenvalue weighted by molar-refractivity contribution is 6.03. The summed E-state index contributed by atoms with van der Waals surface area (Å²) in [6, 6.07) is 5.07. The van der Waals surface area contributed by atoms with Crippen molar-refractivity contribution in [3.8, 4) is 0 Å². The van der Waals surface area contributed by atoms with Crippen molar-refractivity contribution in [1.82, 2.24) is 25.5 Å². The molecule has 4 amide bonds. The van der Waals surface area contributed by atoms with Gasteiger partial charge in [0, 0.05) is 0 Å². The number of imidazole rings is 1. The summed E-state index contributed by atoms with van der Waals surface area (Å²) in [5.74, 6) is 0.0385. The van der Waals surface area contributed by atoms with Crippen molar-refractivity contribution in [2.45, 2.75) is 26.8 Å². The maximum Gasteiger partial charge on any atom is 0.325 e. The summed E-state index contributed by atoms with van der Waals surface area (Å²) in [4.78, 5) is 44.1. The van der Waals surface area contributed by atoms with Crippen molar-refractivity contribution >= 4 is 28.9 Å². The second-order valence-electron chi connectivity index (χ2n) is 6.64. The average Bonchev–Trinajstić information content (AvgIpc) is 3.07. The van der Waals surface area contributed by atoms with Crippen LogP contribution in [0.1, 0.15) is 31.3 Å². The number of amides is 4. The molecule has 8 nitrogen and oxygen atoms in total. The molecule has 2 heterocycles. The molecule has 0 radical (unpaired) electrons. The summed E-state index contributed by atoms with van der Waals surface area (Å²) in [5.41, 5.74) is 2.88. The highest BCUT2D eigenvalue weighted by atomic mass is 16.2. The highest BCUT2D eigenvalue weighted by Gasteiger charge is 2.29. The van der Waals surface area contributed by atoms with E-state index in [-0.39, 0.29) is 31.0 Å². The molecule has 1 fully saturated rings. The molecule has 1 aromatic heterocycles. The van der Waals surface area contributed by atoms with Gasteiger partial charge in [0.1, 0.15) is 18.9 Å². The molecule has 2 aromatic rings. The molecular weight excluding hydrogens is 322 g/mol. The van der Waals surface area contributed by atoms with Crippen LogP contribution in [0.3, 0.4) is 0 Å². The molecule has 132 valence electrons. The van der Waals surface area contributed by atoms with E-state index >= 15 is 0 Å². The van der Waals surface area contributed by atoms with Gasteiger partial charge in [0.05, 0.1) is 17.1 Å². The van der Waals surface area contributed by atoms with E-state index in [9.17, 15) is 14.4 Å². The molecule has 0 spiro atoms. The lowest BCUT2D eigenvalue weighted by Crippen LogP contribution is -2.41. The zero-order valence-electron chi connectivity index (χ0n) is 14.4. The summed E-state index contributed by atoms with van der Waals surface area (Å²) in [6.07, 6.45) is 0. The fraction of sp³-hybridized carbons (Fsp3) is 0.412. The number of carbonyl (C=O) groups is 3. The molecule has 0 unspecified atom stereocenters. The number of aromatic amines is 1. The van der Waals surface area contributed by atoms with Gasteiger partial charge in [0.2, 0.25) is 11.8 Å². The maximum atomic E-state index is 12.3. The number of fused-ring (bicyclic) bond motifs is 1. The van der Waals surface area contributed by atoms with Crippen LogP contribution in [0.4, 0.5) is 4.79 Å². The predicted octanol–water partition coefficient (Wildman–Crippen LogP) is 1.24. The van der Waals surface area contributed by atoms with Gasteiger partial charge in [-0.2, -0.15) is 0 Å². The zero-order chi connectivity index (χ0) is 18.1. The molecule has 1 aromatic carbocycles. The minimum atomic E-state index is -0.541. The predicted molar refractivity (Wildman–Crippen MR) is 91.7 cm³/mol. The van der Waals surface area contributed by atoms with Gasteiger partial charge in [-0.3, -0.25) is 14.9 Å². The minimum absolute atomic E-state index is 0.0947. The summed E-state index contributed by atoms with van der Waals surface area (Å²) < 4.78 is 0. The average molecular weight is 343 g/mol. The topological polar surface area (TPSA) is 107 Å². The van der Waals surface area contributed by atoms with E-state index in [1.54, 1.807) is 0 Å². The summed E-state index contributed by atoms with van der Waals surface area (Å²) in [7, 11) is 0. The lowest BCUT2D eigenvalue weighted by atomic mass is 10.0. The fourth-order valence-corrected chi connectivity index (χ4v) is 2.84. The first-order chi connectivity index (χ1) is 11.8. The number of nitrogens with zero attached hydrogens (tertiary/aromatic N) is 2. The van der Waals surface area contributed by atoms with Crippen molar-refractivity contribution in [3.63, 3.8) is 0 Å². The number of hydrogen-bond donors (Lipinski definition) is 3. The zero-order valence-corrected chi connectivity index (χ0v) is 14.4. The molecule has 0 aliphatic carbocycles. The molecule has 3 N–H and O–H groups in total. The number of nitrogens with one attached hydrogen (secondary N) is 3. The number of aryl methyl sites for hydroxylation is 1. The summed E-state index contributed by atoms with van der Waals surface area (Å²) in [6.45, 7) is 5.71. The first-order valence-corrected chi connectivity index (χ1v) is 8.18. The van der Waals surface area contributed by atoms with Gasteiger partial charge >= 0.3 is 6.03 Å². The van der Waals surface area contributed by atoms with Crippen LogP contribution in [0.15, 0.2) is 18.2 Å². The molecule has 1 atom stereocenters. The Morgan fingerprint density at radius 2 is 2.12 bits per heavy atom. The Kier molecular flexibility index (Phi) is 4.43. The van der Waals surface area contributed by atoms with Gasteiger partial charge < -0.3 is 15.2 Å². The summed E-state index contributed by atoms with van der Waals surface area (Å²) >= 11 is 0. The van der Waals surface area contributed by atoms with Gasteiger partial charge in [-0.05, 0) is 30.5 Å². The first kappa shape index (κ1) is 16.9. The number of rotatable bonds is 5. The molecule has 25 heavy (non-hydrogen) atoms. The van der Waals surface area contributed by atoms with Crippen LogP contribution in [-0.2, 0) is 9.59 Å². The van der Waals surface area contributed by atoms with E-state index in [0.29, 0.717) is 5.82 Å². The number of hydrogen-bond acceptors (Lipinski definition) is 4. The molecule has 1 aliphatic rings. The van der Waals surface area contributed by atoms with E-state index < -0.39 is 11.9 Å². The number of urea groups is 1. The van der Waals surface area contributed by atoms with Gasteiger partial charge in [0.25, 0.3) is 0 Å². The van der Waals surface area contributed by atoms with Crippen LogP contribution in [-0.4, -0.2) is 45.8 Å². The summed E-state index contributed by atoms with van der Waals surface area (Å²) in [5, 5.41) is 5.06. The Hall–Kier alpha value is -2.90. The third-order valence-corrected chi connectivity index (χ3v) is 4.14. The minimum Gasteiger partial charge on any atom is -0.344 e. The Morgan fingerprint density at radius 3 is 2.76 bits per heavy atom. The van der Waals surface area contributed by atoms with Crippen LogP contribution in [0.5, 0.6) is 0 Å². The lowest BCUT2D eigenvalue weighted by molar-refractivity contribution is -0.123. The Labute approximate surface area is 145 Å². The SMILES string of the molecule is Cc1ccc2nc([C@@H](NC(=O)CN3CC(=O)NC3=O)C(C)C)[nH]c2c1. The van der Waals surface area contributed by atoms with Crippen LogP contribution < -0.4 is 10.6 Å². The number of H-pyrrole nitrogens is 1. The molecule has 3 rings (SSSR count). The van der Waals surface area contributed by atoms with E-state index in [1.807, 2.05) is 39.0 Å². The third kappa shape index (κ3) is 3.62. The molecule has 1 saturated heterocycles. The van der Waals surface area contributed by atoms with Crippen LogP contribution in [0, 0.1) is 12.8 Å². The fourth-order valence-electron chi connectivity index (χ4n) is 2.84. The van der Waals surface area contributed by atoms with Crippen LogP contribution in [0.25, 0.3) is 11.0 Å². The van der Waals surface area contributed by atoms with Gasteiger partial charge in [0.15, 0.2) is 0 Å². The van der Waals surface area contributed by atoms with Crippen molar-refractivity contribution in [1.29, 1.82) is 0 Å². The Balaban J connectivity index is 1.75. The Bertz CT molecular complexity index is 842. The molecule has 1 aliphatic heterocycles. The van der Waals surface area contributed by atoms with E-state index in [1.165, 1.54) is 4.90 Å². The number of aromatic nitrogens is 2. The van der Waals surface area contributed by atoms with Gasteiger partial charge in [-0.1, -0.05) is 19.9 Å². The van der Waals surface area contributed by atoms with Crippen molar-refractivity contribution in [3.05, 3.63) is 29.6 Å². The first-order valence-electron chi connectivity index (χ1n) is 8.18.